The zero-order valence-corrected chi connectivity index (χ0v) is 9.37. The fourth-order valence-electron chi connectivity index (χ4n) is 1.60. The van der Waals surface area contributed by atoms with Crippen LogP contribution in [-0.4, -0.2) is 19.1 Å². The maximum Gasteiger partial charge on any atom is 0.0548 e. The van der Waals surface area contributed by atoms with Crippen molar-refractivity contribution in [1.82, 2.24) is 5.32 Å². The number of hydrogen-bond donors (Lipinski definition) is 2. The smallest absolute Gasteiger partial charge is 0.0548 e. The predicted molar refractivity (Wildman–Crippen MR) is 62.0 cm³/mol. The molecule has 3 N–H and O–H groups in total. The molecule has 0 aromatic carbocycles. The number of hydrogen-bond acceptors (Lipinski definition) is 3. The summed E-state index contributed by atoms with van der Waals surface area (Å²) in [4.78, 5) is 1.23. The summed E-state index contributed by atoms with van der Waals surface area (Å²) in [6.07, 6.45) is 3.07. The van der Waals surface area contributed by atoms with Crippen LogP contribution >= 0.6 is 22.9 Å². The maximum atomic E-state index is 6.03. The molecule has 0 fully saturated rings. The predicted octanol–water partition coefficient (Wildman–Crippen LogP) is 1.80. The van der Waals surface area contributed by atoms with Crippen LogP contribution < -0.4 is 11.1 Å². The summed E-state index contributed by atoms with van der Waals surface area (Å²) < 4.78 is 0. The van der Waals surface area contributed by atoms with Gasteiger partial charge in [-0.05, 0) is 11.4 Å². The Bertz CT molecular complexity index is 346. The lowest BCUT2D eigenvalue weighted by atomic mass is 10.1. The minimum absolute atomic E-state index is 0.150. The third kappa shape index (κ3) is 2.36. The Morgan fingerprint density at radius 3 is 3.14 bits per heavy atom. The molecular formula is C10H13ClN2S. The van der Waals surface area contributed by atoms with Gasteiger partial charge in [0.1, 0.15) is 0 Å². The molecule has 0 bridgehead atoms. The second-order valence-electron chi connectivity index (χ2n) is 3.49. The Morgan fingerprint density at radius 1 is 1.64 bits per heavy atom. The van der Waals surface area contributed by atoms with Gasteiger partial charge >= 0.3 is 0 Å². The van der Waals surface area contributed by atoms with Gasteiger partial charge in [-0.2, -0.15) is 0 Å². The largest absolute Gasteiger partial charge is 0.323 e. The Hall–Kier alpha value is -0.350. The molecule has 1 atom stereocenters. The van der Waals surface area contributed by atoms with Crippen LogP contribution in [0.1, 0.15) is 4.88 Å². The minimum atomic E-state index is 0.150. The minimum Gasteiger partial charge on any atom is -0.323 e. The normalized spacial score (nSPS) is 22.1. The van der Waals surface area contributed by atoms with Crippen molar-refractivity contribution in [2.75, 3.05) is 13.1 Å². The van der Waals surface area contributed by atoms with Crippen molar-refractivity contribution in [2.45, 2.75) is 12.5 Å². The van der Waals surface area contributed by atoms with Crippen LogP contribution in [-0.2, 0) is 6.42 Å². The van der Waals surface area contributed by atoms with Crippen molar-refractivity contribution >= 4 is 22.9 Å². The van der Waals surface area contributed by atoms with E-state index in [1.807, 2.05) is 11.4 Å². The third-order valence-electron chi connectivity index (χ3n) is 2.26. The molecule has 0 aliphatic carbocycles. The van der Waals surface area contributed by atoms with Gasteiger partial charge in [-0.15, -0.1) is 11.3 Å². The van der Waals surface area contributed by atoms with Crippen LogP contribution in [0.25, 0.3) is 0 Å². The molecule has 1 aliphatic heterocycles. The Balaban J connectivity index is 2.07. The van der Waals surface area contributed by atoms with E-state index < -0.39 is 0 Å². The standard InChI is InChI=1S/C10H13ClN2S/c11-9-1-2-14-10(9)4-7-3-8(12)6-13-5-7/h1-3,8,13H,4-6,12H2. The van der Waals surface area contributed by atoms with E-state index in [0.717, 1.165) is 24.5 Å². The number of halogens is 1. The average molecular weight is 229 g/mol. The molecule has 2 heterocycles. The van der Waals surface area contributed by atoms with Crippen LogP contribution in [0.2, 0.25) is 5.02 Å². The molecule has 14 heavy (non-hydrogen) atoms. The van der Waals surface area contributed by atoms with Gasteiger partial charge in [0.25, 0.3) is 0 Å². The first-order valence-electron chi connectivity index (χ1n) is 4.63. The average Bonchev–Trinajstić information content (AvgIpc) is 2.52. The quantitative estimate of drug-likeness (QED) is 0.758. The van der Waals surface area contributed by atoms with Crippen molar-refractivity contribution in [3.63, 3.8) is 0 Å². The molecule has 0 radical (unpaired) electrons. The Kier molecular flexibility index (Phi) is 3.23. The van der Waals surface area contributed by atoms with Crippen LogP contribution in [0.4, 0.5) is 0 Å². The molecule has 76 valence electrons. The van der Waals surface area contributed by atoms with E-state index >= 15 is 0 Å². The molecule has 0 spiro atoms. The first-order chi connectivity index (χ1) is 6.75. The highest BCUT2D eigenvalue weighted by atomic mass is 35.5. The van der Waals surface area contributed by atoms with Gasteiger partial charge in [0.2, 0.25) is 0 Å². The van der Waals surface area contributed by atoms with E-state index in [0.29, 0.717) is 0 Å². The maximum absolute atomic E-state index is 6.03. The summed E-state index contributed by atoms with van der Waals surface area (Å²) in [5, 5.41) is 6.18. The highest BCUT2D eigenvalue weighted by Gasteiger charge is 2.11. The van der Waals surface area contributed by atoms with Crippen LogP contribution in [0.15, 0.2) is 23.1 Å². The van der Waals surface area contributed by atoms with Crippen molar-refractivity contribution in [3.8, 4) is 0 Å². The molecule has 1 unspecified atom stereocenters. The van der Waals surface area contributed by atoms with Gasteiger partial charge in [0, 0.05) is 30.4 Å². The van der Waals surface area contributed by atoms with E-state index in [-0.39, 0.29) is 6.04 Å². The molecular weight excluding hydrogens is 216 g/mol. The van der Waals surface area contributed by atoms with Gasteiger partial charge in [-0.25, -0.2) is 0 Å². The first kappa shape index (κ1) is 10.2. The summed E-state index contributed by atoms with van der Waals surface area (Å²) in [7, 11) is 0. The van der Waals surface area contributed by atoms with Gasteiger partial charge in [-0.1, -0.05) is 23.3 Å². The van der Waals surface area contributed by atoms with Crippen LogP contribution in [0.5, 0.6) is 0 Å². The molecule has 0 saturated carbocycles. The summed E-state index contributed by atoms with van der Waals surface area (Å²) >= 11 is 7.73. The van der Waals surface area contributed by atoms with Crippen molar-refractivity contribution < 1.29 is 0 Å². The summed E-state index contributed by atoms with van der Waals surface area (Å²) in [5.41, 5.74) is 7.16. The van der Waals surface area contributed by atoms with Crippen LogP contribution in [0.3, 0.4) is 0 Å². The molecule has 0 amide bonds. The monoisotopic (exact) mass is 228 g/mol. The van der Waals surface area contributed by atoms with Crippen molar-refractivity contribution in [1.29, 1.82) is 0 Å². The second-order valence-corrected chi connectivity index (χ2v) is 4.90. The lowest BCUT2D eigenvalue weighted by Crippen LogP contribution is -2.38. The molecule has 2 nitrogen and oxygen atoms in total. The molecule has 1 aliphatic rings. The zero-order chi connectivity index (χ0) is 9.97. The van der Waals surface area contributed by atoms with E-state index in [2.05, 4.69) is 11.4 Å². The van der Waals surface area contributed by atoms with Crippen LogP contribution in [0, 0.1) is 0 Å². The van der Waals surface area contributed by atoms with Gasteiger partial charge < -0.3 is 11.1 Å². The van der Waals surface area contributed by atoms with E-state index in [9.17, 15) is 0 Å². The van der Waals surface area contributed by atoms with Gasteiger partial charge in [0.05, 0.1) is 5.02 Å². The van der Waals surface area contributed by atoms with E-state index in [1.54, 1.807) is 11.3 Å². The molecule has 4 heteroatoms. The number of rotatable bonds is 2. The summed E-state index contributed by atoms with van der Waals surface area (Å²) in [6.45, 7) is 1.81. The summed E-state index contributed by atoms with van der Waals surface area (Å²) in [6, 6.07) is 2.09. The van der Waals surface area contributed by atoms with Gasteiger partial charge in [0.15, 0.2) is 0 Å². The highest BCUT2D eigenvalue weighted by molar-refractivity contribution is 7.10. The topological polar surface area (TPSA) is 38.0 Å². The fourth-order valence-corrected chi connectivity index (χ4v) is 2.75. The lowest BCUT2D eigenvalue weighted by Gasteiger charge is -2.18. The van der Waals surface area contributed by atoms with E-state index in [1.165, 1.54) is 10.5 Å². The molecule has 1 aromatic heterocycles. The first-order valence-corrected chi connectivity index (χ1v) is 5.89. The Labute approximate surface area is 92.8 Å². The molecule has 1 aromatic rings. The number of thiophene rings is 1. The Morgan fingerprint density at radius 2 is 2.50 bits per heavy atom. The second kappa shape index (κ2) is 4.45. The summed E-state index contributed by atoms with van der Waals surface area (Å²) in [5.74, 6) is 0. The van der Waals surface area contributed by atoms with Gasteiger partial charge in [-0.3, -0.25) is 0 Å². The van der Waals surface area contributed by atoms with Crippen molar-refractivity contribution in [2.24, 2.45) is 5.73 Å². The fraction of sp³-hybridized carbons (Fsp3) is 0.400. The SMILES string of the molecule is NC1C=C(Cc2sccc2Cl)CNC1. The third-order valence-corrected chi connectivity index (χ3v) is 3.65. The zero-order valence-electron chi connectivity index (χ0n) is 7.79. The molecule has 2 rings (SSSR count). The molecule has 0 saturated heterocycles. The number of nitrogens with two attached hydrogens (primary N) is 1. The van der Waals surface area contributed by atoms with Crippen molar-refractivity contribution in [3.05, 3.63) is 33.0 Å². The van der Waals surface area contributed by atoms with E-state index in [4.69, 9.17) is 17.3 Å². The number of nitrogens with one attached hydrogen (secondary N) is 1. The lowest BCUT2D eigenvalue weighted by molar-refractivity contribution is 0.628. The highest BCUT2D eigenvalue weighted by Crippen LogP contribution is 2.25.